The molecule has 0 radical (unpaired) electrons. The number of rotatable bonds is 6. The molecule has 106 valence electrons. The first-order valence-corrected chi connectivity index (χ1v) is 7.64. The van der Waals surface area contributed by atoms with Gasteiger partial charge in [0.1, 0.15) is 0 Å². The molecule has 1 fully saturated rings. The second-order valence-corrected chi connectivity index (χ2v) is 5.80. The van der Waals surface area contributed by atoms with Gasteiger partial charge in [0.25, 0.3) is 0 Å². The van der Waals surface area contributed by atoms with Crippen LogP contribution >= 0.6 is 12.2 Å². The van der Waals surface area contributed by atoms with Gasteiger partial charge in [-0.15, -0.1) is 0 Å². The summed E-state index contributed by atoms with van der Waals surface area (Å²) in [5, 5.41) is 7.55. The maximum absolute atomic E-state index is 5.38. The summed E-state index contributed by atoms with van der Waals surface area (Å²) < 4.78 is 5.10. The summed E-state index contributed by atoms with van der Waals surface area (Å²) in [4.78, 5) is 0. The highest BCUT2D eigenvalue weighted by molar-refractivity contribution is 7.80. The van der Waals surface area contributed by atoms with Gasteiger partial charge in [0.05, 0.1) is 6.61 Å². The Kier molecular flexibility index (Phi) is 7.59. The van der Waals surface area contributed by atoms with E-state index < -0.39 is 0 Å². The second-order valence-electron chi connectivity index (χ2n) is 5.39. The first-order valence-electron chi connectivity index (χ1n) is 7.23. The fourth-order valence-electron chi connectivity index (χ4n) is 2.82. The molecule has 0 aromatic rings. The molecule has 1 saturated carbocycles. The number of ether oxygens (including phenoxy) is 1. The molecule has 2 N–H and O–H groups in total. The van der Waals surface area contributed by atoms with Crippen LogP contribution in [0.15, 0.2) is 0 Å². The lowest BCUT2D eigenvalue weighted by molar-refractivity contribution is 0.179. The number of hydrogen-bond acceptors (Lipinski definition) is 2. The molecule has 0 spiro atoms. The standard InChI is InChI=1S/C14H28N2OS/c1-4-13(12-8-6-5-7-9-12)16-14(18)15-11(2)10-17-3/h11-13H,4-10H2,1-3H3,(H2,15,16,18). The maximum atomic E-state index is 5.38. The van der Waals surface area contributed by atoms with Gasteiger partial charge in [-0.1, -0.05) is 26.2 Å². The highest BCUT2D eigenvalue weighted by Crippen LogP contribution is 2.27. The highest BCUT2D eigenvalue weighted by Gasteiger charge is 2.22. The summed E-state index contributed by atoms with van der Waals surface area (Å²) in [5.41, 5.74) is 0. The maximum Gasteiger partial charge on any atom is 0.166 e. The van der Waals surface area contributed by atoms with E-state index in [4.69, 9.17) is 17.0 Å². The van der Waals surface area contributed by atoms with Crippen molar-refractivity contribution in [1.82, 2.24) is 10.6 Å². The zero-order valence-electron chi connectivity index (χ0n) is 12.0. The van der Waals surface area contributed by atoms with Crippen LogP contribution in [0.2, 0.25) is 0 Å². The molecule has 1 rings (SSSR count). The Labute approximate surface area is 117 Å². The van der Waals surface area contributed by atoms with Crippen molar-refractivity contribution >= 4 is 17.3 Å². The first kappa shape index (κ1) is 15.7. The van der Waals surface area contributed by atoms with Crippen LogP contribution in [0.3, 0.4) is 0 Å². The largest absolute Gasteiger partial charge is 0.383 e. The van der Waals surface area contributed by atoms with E-state index in [0.29, 0.717) is 12.6 Å². The molecule has 0 heterocycles. The molecular formula is C14H28N2OS. The van der Waals surface area contributed by atoms with E-state index in [0.717, 1.165) is 17.5 Å². The lowest BCUT2D eigenvalue weighted by Gasteiger charge is -2.31. The van der Waals surface area contributed by atoms with E-state index in [9.17, 15) is 0 Å². The lowest BCUT2D eigenvalue weighted by atomic mass is 9.83. The van der Waals surface area contributed by atoms with Crippen molar-refractivity contribution in [3.63, 3.8) is 0 Å². The lowest BCUT2D eigenvalue weighted by Crippen LogP contribution is -2.48. The van der Waals surface area contributed by atoms with Gasteiger partial charge >= 0.3 is 0 Å². The fraction of sp³-hybridized carbons (Fsp3) is 0.929. The number of hydrogen-bond donors (Lipinski definition) is 2. The summed E-state index contributed by atoms with van der Waals surface area (Å²) in [6.45, 7) is 5.01. The minimum Gasteiger partial charge on any atom is -0.383 e. The average molecular weight is 272 g/mol. The van der Waals surface area contributed by atoms with E-state index in [1.165, 1.54) is 32.1 Å². The van der Waals surface area contributed by atoms with Crippen molar-refractivity contribution in [1.29, 1.82) is 0 Å². The van der Waals surface area contributed by atoms with Crippen molar-refractivity contribution in [3.05, 3.63) is 0 Å². The topological polar surface area (TPSA) is 33.3 Å². The molecule has 0 aliphatic heterocycles. The molecule has 0 aromatic heterocycles. The highest BCUT2D eigenvalue weighted by atomic mass is 32.1. The summed E-state index contributed by atoms with van der Waals surface area (Å²) in [6.07, 6.45) is 8.00. The Morgan fingerprint density at radius 2 is 1.94 bits per heavy atom. The Balaban J connectivity index is 2.34. The normalized spacial score (nSPS) is 20.2. The van der Waals surface area contributed by atoms with Crippen LogP contribution in [0.1, 0.15) is 52.4 Å². The van der Waals surface area contributed by atoms with Gasteiger partial charge < -0.3 is 15.4 Å². The summed E-state index contributed by atoms with van der Waals surface area (Å²) in [5.74, 6) is 0.793. The zero-order chi connectivity index (χ0) is 13.4. The molecule has 0 amide bonds. The van der Waals surface area contributed by atoms with E-state index >= 15 is 0 Å². The molecule has 1 aliphatic carbocycles. The zero-order valence-corrected chi connectivity index (χ0v) is 12.8. The summed E-state index contributed by atoms with van der Waals surface area (Å²) >= 11 is 5.38. The van der Waals surface area contributed by atoms with Crippen LogP contribution in [0, 0.1) is 5.92 Å². The van der Waals surface area contributed by atoms with Crippen LogP contribution in [0.5, 0.6) is 0 Å². The van der Waals surface area contributed by atoms with Crippen molar-refractivity contribution in [3.8, 4) is 0 Å². The van der Waals surface area contributed by atoms with Gasteiger partial charge in [-0.3, -0.25) is 0 Å². The van der Waals surface area contributed by atoms with Crippen molar-refractivity contribution in [2.75, 3.05) is 13.7 Å². The second kappa shape index (κ2) is 8.70. The quantitative estimate of drug-likeness (QED) is 0.729. The van der Waals surface area contributed by atoms with Crippen LogP contribution in [0.4, 0.5) is 0 Å². The minimum atomic E-state index is 0.263. The van der Waals surface area contributed by atoms with Gasteiger partial charge in [0.2, 0.25) is 0 Å². The van der Waals surface area contributed by atoms with Gasteiger partial charge in [0.15, 0.2) is 5.11 Å². The average Bonchev–Trinajstić information content (AvgIpc) is 2.37. The smallest absolute Gasteiger partial charge is 0.166 e. The monoisotopic (exact) mass is 272 g/mol. The molecule has 3 nitrogen and oxygen atoms in total. The van der Waals surface area contributed by atoms with Crippen LogP contribution in [-0.2, 0) is 4.74 Å². The van der Waals surface area contributed by atoms with Gasteiger partial charge in [-0.25, -0.2) is 0 Å². The first-order chi connectivity index (χ1) is 8.67. The Morgan fingerprint density at radius 1 is 1.28 bits per heavy atom. The third kappa shape index (κ3) is 5.53. The fourth-order valence-corrected chi connectivity index (χ4v) is 3.17. The van der Waals surface area contributed by atoms with E-state index in [1.807, 2.05) is 0 Å². The number of nitrogens with one attached hydrogen (secondary N) is 2. The molecule has 0 aromatic carbocycles. The SMILES string of the molecule is CCC(NC(=S)NC(C)COC)C1CCCCC1. The molecule has 0 bridgehead atoms. The third-order valence-corrected chi connectivity index (χ3v) is 4.01. The van der Waals surface area contributed by atoms with Crippen molar-refractivity contribution < 1.29 is 4.74 Å². The predicted octanol–water partition coefficient (Wildman–Crippen LogP) is 2.84. The van der Waals surface area contributed by atoms with Crippen LogP contribution in [-0.4, -0.2) is 30.9 Å². The van der Waals surface area contributed by atoms with E-state index in [-0.39, 0.29) is 6.04 Å². The summed E-state index contributed by atoms with van der Waals surface area (Å²) in [6, 6.07) is 0.791. The molecule has 0 saturated heterocycles. The molecule has 1 aliphatic rings. The molecule has 2 unspecified atom stereocenters. The van der Waals surface area contributed by atoms with Gasteiger partial charge in [-0.2, -0.15) is 0 Å². The molecule has 4 heteroatoms. The Morgan fingerprint density at radius 3 is 2.50 bits per heavy atom. The van der Waals surface area contributed by atoms with E-state index in [2.05, 4.69) is 24.5 Å². The van der Waals surface area contributed by atoms with Crippen LogP contribution in [0.25, 0.3) is 0 Å². The van der Waals surface area contributed by atoms with Gasteiger partial charge in [0, 0.05) is 19.2 Å². The number of methoxy groups -OCH3 is 1. The Hall–Kier alpha value is -0.350. The third-order valence-electron chi connectivity index (χ3n) is 3.77. The number of thiocarbonyl (C=S) groups is 1. The Bertz CT molecular complexity index is 242. The molecule has 18 heavy (non-hydrogen) atoms. The molecule has 2 atom stereocenters. The predicted molar refractivity (Wildman–Crippen MR) is 80.9 cm³/mol. The van der Waals surface area contributed by atoms with Crippen molar-refractivity contribution in [2.45, 2.75) is 64.5 Å². The van der Waals surface area contributed by atoms with Gasteiger partial charge in [-0.05, 0) is 44.3 Å². The van der Waals surface area contributed by atoms with Crippen LogP contribution < -0.4 is 10.6 Å². The summed E-state index contributed by atoms with van der Waals surface area (Å²) in [7, 11) is 1.71. The minimum absolute atomic E-state index is 0.263. The molecular weight excluding hydrogens is 244 g/mol. The van der Waals surface area contributed by atoms with Crippen molar-refractivity contribution in [2.24, 2.45) is 5.92 Å². The van der Waals surface area contributed by atoms with E-state index in [1.54, 1.807) is 7.11 Å².